The second-order valence-electron chi connectivity index (χ2n) is 5.30. The summed E-state index contributed by atoms with van der Waals surface area (Å²) in [5, 5.41) is 0. The second-order valence-corrected chi connectivity index (χ2v) is 5.30. The Hall–Kier alpha value is -1.50. The highest BCUT2D eigenvalue weighted by molar-refractivity contribution is 6.00. The summed E-state index contributed by atoms with van der Waals surface area (Å²) in [7, 11) is 0. The largest absolute Gasteiger partial charge is 0.444 e. The molecule has 1 fully saturated rings. The number of amides is 1. The first-order valence-corrected chi connectivity index (χ1v) is 5.78. The van der Waals surface area contributed by atoms with Gasteiger partial charge in [0.15, 0.2) is 0 Å². The van der Waals surface area contributed by atoms with E-state index in [1.165, 1.54) is 4.90 Å². The summed E-state index contributed by atoms with van der Waals surface area (Å²) in [4.78, 5) is 24.9. The minimum atomic E-state index is -0.609. The van der Waals surface area contributed by atoms with Gasteiger partial charge in [-0.3, -0.25) is 9.69 Å². The number of ketones is 1. The van der Waals surface area contributed by atoms with E-state index >= 15 is 0 Å². The van der Waals surface area contributed by atoms with Gasteiger partial charge in [0.2, 0.25) is 5.78 Å². The van der Waals surface area contributed by atoms with Crippen LogP contribution in [0.4, 0.5) is 4.79 Å². The van der Waals surface area contributed by atoms with Crippen molar-refractivity contribution in [1.82, 2.24) is 4.90 Å². The van der Waals surface area contributed by atoms with E-state index in [1.54, 1.807) is 27.7 Å². The quantitative estimate of drug-likeness (QED) is 0.557. The number of carbonyl (C=O) groups excluding carboxylic acids is 2. The number of hydrogen-bond donors (Lipinski definition) is 0. The topological polar surface area (TPSA) is 46.6 Å². The summed E-state index contributed by atoms with van der Waals surface area (Å²) in [5.74, 6) is 1.67. The monoisotopic (exact) mass is 237 g/mol. The van der Waals surface area contributed by atoms with Crippen LogP contribution < -0.4 is 0 Å². The molecule has 0 heterocycles. The van der Waals surface area contributed by atoms with Crippen molar-refractivity contribution in [1.29, 1.82) is 0 Å². The molecule has 4 nitrogen and oxygen atoms in total. The summed E-state index contributed by atoms with van der Waals surface area (Å²) in [6.45, 7) is 7.03. The first-order valence-electron chi connectivity index (χ1n) is 5.78. The van der Waals surface area contributed by atoms with Gasteiger partial charge < -0.3 is 4.74 Å². The average molecular weight is 237 g/mol. The van der Waals surface area contributed by atoms with Crippen molar-refractivity contribution in [2.75, 3.05) is 0 Å². The third-order valence-corrected chi connectivity index (χ3v) is 2.48. The number of hydrogen-bond acceptors (Lipinski definition) is 3. The minimum Gasteiger partial charge on any atom is -0.444 e. The van der Waals surface area contributed by atoms with E-state index in [2.05, 4.69) is 5.92 Å². The maximum atomic E-state index is 12.0. The summed E-state index contributed by atoms with van der Waals surface area (Å²) < 4.78 is 5.28. The summed E-state index contributed by atoms with van der Waals surface area (Å²) in [6, 6.07) is -0.514. The normalized spacial score (nSPS) is 16.9. The van der Waals surface area contributed by atoms with E-state index in [-0.39, 0.29) is 11.8 Å². The van der Waals surface area contributed by atoms with Crippen LogP contribution in [0.15, 0.2) is 0 Å². The van der Waals surface area contributed by atoms with Crippen molar-refractivity contribution >= 4 is 11.9 Å². The zero-order valence-corrected chi connectivity index (χ0v) is 10.8. The van der Waals surface area contributed by atoms with Gasteiger partial charge in [0.25, 0.3) is 0 Å². The molecule has 94 valence electrons. The highest BCUT2D eigenvalue weighted by Gasteiger charge is 2.40. The maximum absolute atomic E-state index is 12.0. The van der Waals surface area contributed by atoms with Crippen LogP contribution in [0.3, 0.4) is 0 Å². The van der Waals surface area contributed by atoms with E-state index < -0.39 is 17.7 Å². The molecule has 1 saturated carbocycles. The Kier molecular flexibility index (Phi) is 3.82. The zero-order chi connectivity index (χ0) is 13.2. The summed E-state index contributed by atoms with van der Waals surface area (Å²) in [6.07, 6.45) is 6.43. The molecule has 0 radical (unpaired) electrons. The van der Waals surface area contributed by atoms with E-state index in [1.807, 2.05) is 0 Å². The van der Waals surface area contributed by atoms with Gasteiger partial charge in [-0.25, -0.2) is 4.79 Å². The van der Waals surface area contributed by atoms with E-state index in [0.29, 0.717) is 0 Å². The SMILES string of the molecule is C#CC(=O)C(C)N(C(=O)OC(C)(C)C)C1CC1. The molecule has 1 rings (SSSR count). The molecule has 1 aliphatic carbocycles. The molecular formula is C13H19NO3. The molecule has 0 aromatic rings. The molecule has 0 aromatic carbocycles. The fraction of sp³-hybridized carbons (Fsp3) is 0.692. The average Bonchev–Trinajstić information content (AvgIpc) is 2.98. The highest BCUT2D eigenvalue weighted by atomic mass is 16.6. The zero-order valence-electron chi connectivity index (χ0n) is 10.8. The van der Waals surface area contributed by atoms with Gasteiger partial charge in [-0.1, -0.05) is 0 Å². The van der Waals surface area contributed by atoms with Gasteiger partial charge in [-0.2, -0.15) is 0 Å². The smallest absolute Gasteiger partial charge is 0.411 e. The van der Waals surface area contributed by atoms with E-state index in [4.69, 9.17) is 11.2 Å². The van der Waals surface area contributed by atoms with Gasteiger partial charge in [-0.05, 0) is 46.5 Å². The van der Waals surface area contributed by atoms with Crippen LogP contribution in [0.25, 0.3) is 0 Å². The summed E-state index contributed by atoms with van der Waals surface area (Å²) in [5.41, 5.74) is -0.566. The molecule has 17 heavy (non-hydrogen) atoms. The first kappa shape index (κ1) is 13.6. The van der Waals surface area contributed by atoms with Gasteiger partial charge in [0, 0.05) is 6.04 Å². The number of rotatable bonds is 3. The molecule has 1 amide bonds. The van der Waals surface area contributed by atoms with Gasteiger partial charge in [-0.15, -0.1) is 6.42 Å². The number of nitrogens with zero attached hydrogens (tertiary/aromatic N) is 1. The molecule has 0 bridgehead atoms. The van der Waals surface area contributed by atoms with Crippen LogP contribution in [0, 0.1) is 12.3 Å². The Labute approximate surface area is 102 Å². The van der Waals surface area contributed by atoms with Gasteiger partial charge >= 0.3 is 6.09 Å². The molecule has 1 atom stereocenters. The molecule has 0 N–H and O–H groups in total. The second kappa shape index (κ2) is 4.79. The molecule has 1 unspecified atom stereocenters. The molecule has 4 heteroatoms. The molecule has 1 aliphatic rings. The molecular weight excluding hydrogens is 218 g/mol. The third kappa shape index (κ3) is 3.77. The Balaban J connectivity index is 2.76. The lowest BCUT2D eigenvalue weighted by Crippen LogP contribution is -2.46. The van der Waals surface area contributed by atoms with E-state index in [9.17, 15) is 9.59 Å². The Bertz CT molecular complexity index is 358. The Morgan fingerprint density at radius 1 is 1.41 bits per heavy atom. The van der Waals surface area contributed by atoms with Crippen LogP contribution >= 0.6 is 0 Å². The lowest BCUT2D eigenvalue weighted by Gasteiger charge is -2.30. The Morgan fingerprint density at radius 3 is 2.29 bits per heavy atom. The lowest BCUT2D eigenvalue weighted by molar-refractivity contribution is -0.118. The van der Waals surface area contributed by atoms with E-state index in [0.717, 1.165) is 12.8 Å². The first-order chi connectivity index (χ1) is 7.76. The predicted molar refractivity (Wildman–Crippen MR) is 64.4 cm³/mol. The third-order valence-electron chi connectivity index (χ3n) is 2.48. The lowest BCUT2D eigenvalue weighted by atomic mass is 10.2. The molecule has 0 spiro atoms. The van der Waals surface area contributed by atoms with Crippen LogP contribution in [0.1, 0.15) is 40.5 Å². The molecule has 0 aliphatic heterocycles. The van der Waals surface area contributed by atoms with Crippen molar-refractivity contribution < 1.29 is 14.3 Å². The number of ether oxygens (including phenoxy) is 1. The predicted octanol–water partition coefficient (Wildman–Crippen LogP) is 1.98. The van der Waals surface area contributed by atoms with Crippen molar-refractivity contribution in [3.8, 4) is 12.3 Å². The number of Topliss-reactive ketones (excluding diaryl/α,β-unsaturated/α-hetero) is 1. The Morgan fingerprint density at radius 2 is 1.94 bits per heavy atom. The number of terminal acetylenes is 1. The summed E-state index contributed by atoms with van der Waals surface area (Å²) >= 11 is 0. The van der Waals surface area contributed by atoms with Gasteiger partial charge in [0.05, 0.1) is 0 Å². The fourth-order valence-electron chi connectivity index (χ4n) is 1.54. The highest BCUT2D eigenvalue weighted by Crippen LogP contribution is 2.30. The molecule has 0 saturated heterocycles. The van der Waals surface area contributed by atoms with Crippen LogP contribution in [-0.2, 0) is 9.53 Å². The van der Waals surface area contributed by atoms with Crippen molar-refractivity contribution in [2.45, 2.75) is 58.2 Å². The van der Waals surface area contributed by atoms with Crippen molar-refractivity contribution in [2.24, 2.45) is 0 Å². The van der Waals surface area contributed by atoms with Crippen LogP contribution in [0.2, 0.25) is 0 Å². The van der Waals surface area contributed by atoms with Crippen molar-refractivity contribution in [3.63, 3.8) is 0 Å². The minimum absolute atomic E-state index is 0.0946. The van der Waals surface area contributed by atoms with Gasteiger partial charge in [0.1, 0.15) is 11.6 Å². The van der Waals surface area contributed by atoms with Crippen LogP contribution in [0.5, 0.6) is 0 Å². The molecule has 0 aromatic heterocycles. The van der Waals surface area contributed by atoms with Crippen LogP contribution in [-0.4, -0.2) is 34.5 Å². The fourth-order valence-corrected chi connectivity index (χ4v) is 1.54. The van der Waals surface area contributed by atoms with Crippen molar-refractivity contribution in [3.05, 3.63) is 0 Å². The number of carbonyl (C=O) groups is 2. The maximum Gasteiger partial charge on any atom is 0.411 e. The standard InChI is InChI=1S/C13H19NO3/c1-6-11(15)9(2)14(10-7-8-10)12(16)17-13(3,4)5/h1,9-10H,7-8H2,2-5H3.